The third-order valence-corrected chi connectivity index (χ3v) is 3.61. The molecule has 5 nitrogen and oxygen atoms in total. The SMILES string of the molecule is Cc1cc(=O)c(C(=O)N2CCC[C@@H](C#N)C2)cn1C. The number of amides is 1. The molecule has 0 spiro atoms. The maximum absolute atomic E-state index is 12.3. The van der Waals surface area contributed by atoms with Crippen molar-refractivity contribution >= 4 is 5.91 Å². The van der Waals surface area contributed by atoms with E-state index >= 15 is 0 Å². The molecule has 2 rings (SSSR count). The summed E-state index contributed by atoms with van der Waals surface area (Å²) >= 11 is 0. The van der Waals surface area contributed by atoms with Crippen LogP contribution < -0.4 is 5.43 Å². The molecule has 1 aromatic heterocycles. The largest absolute Gasteiger partial charge is 0.354 e. The van der Waals surface area contributed by atoms with Crippen molar-refractivity contribution in [1.82, 2.24) is 9.47 Å². The summed E-state index contributed by atoms with van der Waals surface area (Å²) in [6.45, 7) is 2.86. The normalized spacial score (nSPS) is 19.0. The van der Waals surface area contributed by atoms with E-state index in [9.17, 15) is 9.59 Å². The van der Waals surface area contributed by atoms with E-state index in [4.69, 9.17) is 5.26 Å². The van der Waals surface area contributed by atoms with Gasteiger partial charge in [-0.1, -0.05) is 0 Å². The minimum atomic E-state index is -0.263. The van der Waals surface area contributed by atoms with Crippen LogP contribution in [-0.4, -0.2) is 28.5 Å². The molecule has 19 heavy (non-hydrogen) atoms. The number of carbonyl (C=O) groups is 1. The van der Waals surface area contributed by atoms with E-state index in [-0.39, 0.29) is 22.8 Å². The Bertz CT molecular complexity index is 598. The highest BCUT2D eigenvalue weighted by atomic mass is 16.2. The Morgan fingerprint density at radius 2 is 2.26 bits per heavy atom. The van der Waals surface area contributed by atoms with Crippen LogP contribution in [0.25, 0.3) is 0 Å². The van der Waals surface area contributed by atoms with Crippen LogP contribution in [0, 0.1) is 24.2 Å². The predicted octanol–water partition coefficient (Wildman–Crippen LogP) is 1.07. The van der Waals surface area contributed by atoms with Crippen LogP contribution in [0.3, 0.4) is 0 Å². The standard InChI is InChI=1S/C14H17N3O2/c1-10-6-13(18)12(9-16(10)2)14(19)17-5-3-4-11(7-15)8-17/h6,9,11H,3-5,8H2,1-2H3/t11-/m0/s1. The molecule has 5 heteroatoms. The Morgan fingerprint density at radius 3 is 2.95 bits per heavy atom. The first-order valence-corrected chi connectivity index (χ1v) is 6.39. The molecule has 1 fully saturated rings. The number of hydrogen-bond acceptors (Lipinski definition) is 3. The van der Waals surface area contributed by atoms with Gasteiger partial charge in [0, 0.05) is 38.1 Å². The number of carbonyl (C=O) groups excluding carboxylic acids is 1. The van der Waals surface area contributed by atoms with Crippen molar-refractivity contribution < 1.29 is 4.79 Å². The molecule has 1 amide bonds. The van der Waals surface area contributed by atoms with Crippen LogP contribution in [-0.2, 0) is 7.05 Å². The summed E-state index contributed by atoms with van der Waals surface area (Å²) in [4.78, 5) is 25.9. The molecule has 0 unspecified atom stereocenters. The van der Waals surface area contributed by atoms with Crippen LogP contribution in [0.5, 0.6) is 0 Å². The summed E-state index contributed by atoms with van der Waals surface area (Å²) in [5.74, 6) is -0.382. The van der Waals surface area contributed by atoms with Crippen molar-refractivity contribution in [2.45, 2.75) is 19.8 Å². The highest BCUT2D eigenvalue weighted by Gasteiger charge is 2.25. The van der Waals surface area contributed by atoms with Crippen molar-refractivity contribution in [3.8, 4) is 6.07 Å². The molecule has 1 aliphatic heterocycles. The van der Waals surface area contributed by atoms with E-state index in [1.807, 2.05) is 6.92 Å². The van der Waals surface area contributed by atoms with E-state index < -0.39 is 0 Å². The van der Waals surface area contributed by atoms with Gasteiger partial charge in [-0.3, -0.25) is 9.59 Å². The van der Waals surface area contributed by atoms with Gasteiger partial charge in [-0.25, -0.2) is 0 Å². The second kappa shape index (κ2) is 5.27. The van der Waals surface area contributed by atoms with Gasteiger partial charge in [0.1, 0.15) is 5.56 Å². The summed E-state index contributed by atoms with van der Waals surface area (Å²) in [5.41, 5.74) is 0.751. The lowest BCUT2D eigenvalue weighted by Crippen LogP contribution is -2.41. The molecule has 0 aliphatic carbocycles. The average molecular weight is 259 g/mol. The molecule has 1 atom stereocenters. The first-order valence-electron chi connectivity index (χ1n) is 6.39. The van der Waals surface area contributed by atoms with Gasteiger partial charge in [0.05, 0.1) is 12.0 Å². The molecular weight excluding hydrogens is 242 g/mol. The fourth-order valence-electron chi connectivity index (χ4n) is 2.33. The first-order chi connectivity index (χ1) is 9.02. The van der Waals surface area contributed by atoms with Crippen molar-refractivity contribution in [2.75, 3.05) is 13.1 Å². The Labute approximate surface area is 112 Å². The Kier molecular flexibility index (Phi) is 3.70. The number of nitrogens with zero attached hydrogens (tertiary/aromatic N) is 3. The first kappa shape index (κ1) is 13.3. The minimum absolute atomic E-state index is 0.119. The number of pyridine rings is 1. The second-order valence-electron chi connectivity index (χ2n) is 5.02. The highest BCUT2D eigenvalue weighted by molar-refractivity contribution is 5.94. The van der Waals surface area contributed by atoms with Crippen LogP contribution >= 0.6 is 0 Å². The highest BCUT2D eigenvalue weighted by Crippen LogP contribution is 2.17. The van der Waals surface area contributed by atoms with Gasteiger partial charge in [0.15, 0.2) is 5.43 Å². The third-order valence-electron chi connectivity index (χ3n) is 3.61. The fourth-order valence-corrected chi connectivity index (χ4v) is 2.33. The molecule has 0 saturated carbocycles. The monoisotopic (exact) mass is 259 g/mol. The van der Waals surface area contributed by atoms with E-state index in [1.54, 1.807) is 22.7 Å². The molecule has 100 valence electrons. The quantitative estimate of drug-likeness (QED) is 0.757. The lowest BCUT2D eigenvalue weighted by atomic mass is 9.99. The molecule has 1 aromatic rings. The van der Waals surface area contributed by atoms with Crippen LogP contribution in [0.15, 0.2) is 17.1 Å². The minimum Gasteiger partial charge on any atom is -0.354 e. The van der Waals surface area contributed by atoms with Gasteiger partial charge in [-0.05, 0) is 19.8 Å². The number of piperidine rings is 1. The zero-order valence-corrected chi connectivity index (χ0v) is 11.2. The van der Waals surface area contributed by atoms with Crippen LogP contribution in [0.2, 0.25) is 0 Å². The number of likely N-dealkylation sites (tertiary alicyclic amines) is 1. The molecule has 2 heterocycles. The number of aryl methyl sites for hydroxylation is 2. The van der Waals surface area contributed by atoms with Crippen LogP contribution in [0.4, 0.5) is 0 Å². The van der Waals surface area contributed by atoms with Gasteiger partial charge >= 0.3 is 0 Å². The Hall–Kier alpha value is -2.09. The summed E-state index contributed by atoms with van der Waals surface area (Å²) in [7, 11) is 1.81. The summed E-state index contributed by atoms with van der Waals surface area (Å²) in [6.07, 6.45) is 3.22. The molecule has 0 bridgehead atoms. The summed E-state index contributed by atoms with van der Waals surface area (Å²) in [5, 5.41) is 8.94. The topological polar surface area (TPSA) is 66.1 Å². The van der Waals surface area contributed by atoms with Crippen molar-refractivity contribution in [3.05, 3.63) is 33.7 Å². The van der Waals surface area contributed by atoms with Crippen LogP contribution in [0.1, 0.15) is 28.9 Å². The lowest BCUT2D eigenvalue weighted by Gasteiger charge is -2.29. The van der Waals surface area contributed by atoms with Gasteiger partial charge in [0.2, 0.25) is 0 Å². The van der Waals surface area contributed by atoms with Gasteiger partial charge < -0.3 is 9.47 Å². The van der Waals surface area contributed by atoms with E-state index in [1.165, 1.54) is 6.07 Å². The number of hydrogen-bond donors (Lipinski definition) is 0. The van der Waals surface area contributed by atoms with E-state index in [2.05, 4.69) is 6.07 Å². The van der Waals surface area contributed by atoms with Crippen molar-refractivity contribution in [1.29, 1.82) is 5.26 Å². The van der Waals surface area contributed by atoms with E-state index in [0.717, 1.165) is 18.5 Å². The molecule has 0 radical (unpaired) electrons. The molecular formula is C14H17N3O2. The smallest absolute Gasteiger partial charge is 0.259 e. The summed E-state index contributed by atoms with van der Waals surface area (Å²) < 4.78 is 1.76. The molecule has 0 aromatic carbocycles. The molecule has 1 aliphatic rings. The van der Waals surface area contributed by atoms with Crippen molar-refractivity contribution in [3.63, 3.8) is 0 Å². The predicted molar refractivity (Wildman–Crippen MR) is 70.7 cm³/mol. The van der Waals surface area contributed by atoms with Gasteiger partial charge in [-0.15, -0.1) is 0 Å². The Balaban J connectivity index is 2.27. The zero-order valence-electron chi connectivity index (χ0n) is 11.2. The zero-order chi connectivity index (χ0) is 14.0. The maximum Gasteiger partial charge on any atom is 0.259 e. The summed E-state index contributed by atoms with van der Waals surface area (Å²) in [6, 6.07) is 3.67. The molecule has 0 N–H and O–H groups in total. The van der Waals surface area contributed by atoms with E-state index in [0.29, 0.717) is 13.1 Å². The second-order valence-corrected chi connectivity index (χ2v) is 5.02. The average Bonchev–Trinajstić information content (AvgIpc) is 2.42. The Morgan fingerprint density at radius 1 is 1.53 bits per heavy atom. The fraction of sp³-hybridized carbons (Fsp3) is 0.500. The number of nitriles is 1. The third kappa shape index (κ3) is 2.68. The molecule has 1 saturated heterocycles. The van der Waals surface area contributed by atoms with Gasteiger partial charge in [-0.2, -0.15) is 5.26 Å². The van der Waals surface area contributed by atoms with Gasteiger partial charge in [0.25, 0.3) is 5.91 Å². The maximum atomic E-state index is 12.3. The van der Waals surface area contributed by atoms with Crippen molar-refractivity contribution in [2.24, 2.45) is 13.0 Å². The number of rotatable bonds is 1. The lowest BCUT2D eigenvalue weighted by molar-refractivity contribution is 0.0696. The number of aromatic nitrogens is 1.